The van der Waals surface area contributed by atoms with E-state index < -0.39 is 10.0 Å². The van der Waals surface area contributed by atoms with E-state index in [9.17, 15) is 8.42 Å². The first kappa shape index (κ1) is 18.3. The highest BCUT2D eigenvalue weighted by atomic mass is 35.5. The average molecular weight is 401 g/mol. The number of nitrogens with one attached hydrogen (secondary N) is 2. The SMILES string of the molecule is C[NH+]1CCN(c2ccccc2NS(=O)(=O)c2cc(Cl)cc(Cl)c2)CC1. The molecule has 134 valence electrons. The first-order chi connectivity index (χ1) is 11.8. The third-order valence-electron chi connectivity index (χ3n) is 4.25. The van der Waals surface area contributed by atoms with E-state index in [2.05, 4.69) is 16.7 Å². The molecule has 0 unspecified atom stereocenters. The second-order valence-corrected chi connectivity index (χ2v) is 8.73. The van der Waals surface area contributed by atoms with Crippen LogP contribution in [0.15, 0.2) is 47.4 Å². The van der Waals surface area contributed by atoms with Gasteiger partial charge in [0, 0.05) is 10.0 Å². The van der Waals surface area contributed by atoms with Crippen molar-refractivity contribution in [2.24, 2.45) is 0 Å². The minimum atomic E-state index is -3.78. The molecule has 0 spiro atoms. The van der Waals surface area contributed by atoms with Crippen molar-refractivity contribution in [3.05, 3.63) is 52.5 Å². The van der Waals surface area contributed by atoms with E-state index in [1.165, 1.54) is 23.1 Å². The molecule has 1 aliphatic rings. The Balaban J connectivity index is 1.90. The van der Waals surface area contributed by atoms with Gasteiger partial charge in [-0.2, -0.15) is 0 Å². The van der Waals surface area contributed by atoms with Gasteiger partial charge in [0.25, 0.3) is 10.0 Å². The lowest BCUT2D eigenvalue weighted by atomic mass is 10.2. The van der Waals surface area contributed by atoms with Crippen LogP contribution in [0.3, 0.4) is 0 Å². The van der Waals surface area contributed by atoms with Crippen LogP contribution < -0.4 is 14.5 Å². The molecule has 1 saturated heterocycles. The maximum Gasteiger partial charge on any atom is 0.262 e. The van der Waals surface area contributed by atoms with Gasteiger partial charge in [0.2, 0.25) is 0 Å². The summed E-state index contributed by atoms with van der Waals surface area (Å²) in [6.07, 6.45) is 0. The minimum absolute atomic E-state index is 0.0441. The molecule has 25 heavy (non-hydrogen) atoms. The second-order valence-electron chi connectivity index (χ2n) is 6.17. The average Bonchev–Trinajstić information content (AvgIpc) is 2.55. The van der Waals surface area contributed by atoms with E-state index in [1.807, 2.05) is 18.2 Å². The van der Waals surface area contributed by atoms with Crippen molar-refractivity contribution < 1.29 is 13.3 Å². The molecule has 2 aromatic rings. The lowest BCUT2D eigenvalue weighted by molar-refractivity contribution is -0.880. The molecule has 5 nitrogen and oxygen atoms in total. The maximum absolute atomic E-state index is 12.7. The van der Waals surface area contributed by atoms with Crippen LogP contribution in [0.2, 0.25) is 10.0 Å². The monoisotopic (exact) mass is 400 g/mol. The lowest BCUT2D eigenvalue weighted by Crippen LogP contribution is -3.12. The fourth-order valence-corrected chi connectivity index (χ4v) is 4.65. The number of hydrogen-bond acceptors (Lipinski definition) is 3. The van der Waals surface area contributed by atoms with Gasteiger partial charge < -0.3 is 9.80 Å². The molecule has 3 rings (SSSR count). The Morgan fingerprint density at radius 2 is 1.64 bits per heavy atom. The summed E-state index contributed by atoms with van der Waals surface area (Å²) in [4.78, 5) is 3.72. The summed E-state index contributed by atoms with van der Waals surface area (Å²) in [5.74, 6) is 0. The number of rotatable bonds is 4. The molecule has 0 radical (unpaired) electrons. The van der Waals surface area contributed by atoms with Crippen LogP contribution in [0, 0.1) is 0 Å². The Bertz CT molecular complexity index is 846. The molecule has 1 heterocycles. The zero-order valence-corrected chi connectivity index (χ0v) is 16.1. The molecule has 0 aromatic heterocycles. The fourth-order valence-electron chi connectivity index (χ4n) is 2.85. The van der Waals surface area contributed by atoms with Crippen LogP contribution in [0.25, 0.3) is 0 Å². The number of benzene rings is 2. The summed E-state index contributed by atoms with van der Waals surface area (Å²) in [5, 5.41) is 0.561. The predicted molar refractivity (Wildman–Crippen MR) is 103 cm³/mol. The molecule has 0 aliphatic carbocycles. The van der Waals surface area contributed by atoms with Gasteiger partial charge in [-0.25, -0.2) is 8.42 Å². The number of likely N-dealkylation sites (N-methyl/N-ethyl adjacent to an activating group) is 1. The van der Waals surface area contributed by atoms with Gasteiger partial charge in [-0.15, -0.1) is 0 Å². The van der Waals surface area contributed by atoms with Gasteiger partial charge in [0.15, 0.2) is 0 Å². The van der Waals surface area contributed by atoms with Gasteiger partial charge in [-0.1, -0.05) is 35.3 Å². The Kier molecular flexibility index (Phi) is 5.43. The summed E-state index contributed by atoms with van der Waals surface area (Å²) in [6.45, 7) is 3.80. The normalized spacial score (nSPS) is 16.0. The molecule has 1 fully saturated rings. The molecule has 2 aromatic carbocycles. The predicted octanol–water partition coefficient (Wildman–Crippen LogP) is 2.13. The summed E-state index contributed by atoms with van der Waals surface area (Å²) in [7, 11) is -1.62. The molecule has 8 heteroatoms. The standard InChI is InChI=1S/C17H19Cl2N3O2S/c1-21-6-8-22(9-7-21)17-5-3-2-4-16(17)20-25(23,24)15-11-13(18)10-14(19)12-15/h2-5,10-12,20H,6-9H2,1H3/p+1. The summed E-state index contributed by atoms with van der Waals surface area (Å²) < 4.78 is 28.2. The highest BCUT2D eigenvalue weighted by molar-refractivity contribution is 7.92. The second kappa shape index (κ2) is 7.41. The minimum Gasteiger partial charge on any atom is -0.359 e. The third-order valence-corrected chi connectivity index (χ3v) is 6.03. The van der Waals surface area contributed by atoms with Crippen LogP contribution in [0.4, 0.5) is 11.4 Å². The Morgan fingerprint density at radius 3 is 2.28 bits per heavy atom. The molecule has 2 N–H and O–H groups in total. The first-order valence-corrected chi connectivity index (χ1v) is 10.2. The number of sulfonamides is 1. The van der Waals surface area contributed by atoms with Gasteiger partial charge in [-0.05, 0) is 30.3 Å². The van der Waals surface area contributed by atoms with Crippen LogP contribution in [0.1, 0.15) is 0 Å². The van der Waals surface area contributed by atoms with Crippen molar-refractivity contribution in [1.82, 2.24) is 0 Å². The van der Waals surface area contributed by atoms with Gasteiger partial charge in [-0.3, -0.25) is 4.72 Å². The smallest absolute Gasteiger partial charge is 0.262 e. The third kappa shape index (κ3) is 4.39. The molecule has 0 amide bonds. The van der Waals surface area contributed by atoms with Gasteiger partial charge in [0.1, 0.15) is 0 Å². The number of piperazine rings is 1. The van der Waals surface area contributed by atoms with E-state index in [4.69, 9.17) is 23.2 Å². The zero-order chi connectivity index (χ0) is 18.0. The number of para-hydroxylation sites is 2. The van der Waals surface area contributed by atoms with E-state index in [-0.39, 0.29) is 14.9 Å². The van der Waals surface area contributed by atoms with Crippen molar-refractivity contribution in [3.63, 3.8) is 0 Å². The lowest BCUT2D eigenvalue weighted by Gasteiger charge is -2.33. The van der Waals surface area contributed by atoms with Crippen molar-refractivity contribution in [1.29, 1.82) is 0 Å². The van der Waals surface area contributed by atoms with E-state index >= 15 is 0 Å². The van der Waals surface area contributed by atoms with E-state index in [0.717, 1.165) is 31.9 Å². The van der Waals surface area contributed by atoms with Crippen molar-refractivity contribution in [2.75, 3.05) is 42.8 Å². The molecule has 0 saturated carbocycles. The number of halogens is 2. The summed E-state index contributed by atoms with van der Waals surface area (Å²) in [6, 6.07) is 11.7. The van der Waals surface area contributed by atoms with Gasteiger partial charge >= 0.3 is 0 Å². The van der Waals surface area contributed by atoms with Crippen molar-refractivity contribution in [3.8, 4) is 0 Å². The zero-order valence-electron chi connectivity index (χ0n) is 13.8. The Hall–Kier alpha value is -1.47. The van der Waals surface area contributed by atoms with E-state index in [0.29, 0.717) is 5.69 Å². The number of nitrogens with zero attached hydrogens (tertiary/aromatic N) is 1. The highest BCUT2D eigenvalue weighted by Gasteiger charge is 2.22. The van der Waals surface area contributed by atoms with Crippen LogP contribution in [-0.4, -0.2) is 41.6 Å². The van der Waals surface area contributed by atoms with Crippen LogP contribution >= 0.6 is 23.2 Å². The summed E-state index contributed by atoms with van der Waals surface area (Å²) in [5.41, 5.74) is 1.44. The first-order valence-electron chi connectivity index (χ1n) is 7.99. The Morgan fingerprint density at radius 1 is 1.04 bits per heavy atom. The van der Waals surface area contributed by atoms with Crippen molar-refractivity contribution in [2.45, 2.75) is 4.90 Å². The largest absolute Gasteiger partial charge is 0.359 e. The molecule has 1 aliphatic heterocycles. The van der Waals surface area contributed by atoms with Gasteiger partial charge in [0.05, 0.1) is 49.5 Å². The quantitative estimate of drug-likeness (QED) is 0.826. The van der Waals surface area contributed by atoms with E-state index in [1.54, 1.807) is 6.07 Å². The van der Waals surface area contributed by atoms with Crippen molar-refractivity contribution >= 4 is 44.6 Å². The molecular weight excluding hydrogens is 381 g/mol. The number of anilines is 2. The van der Waals surface area contributed by atoms with Crippen LogP contribution in [-0.2, 0) is 10.0 Å². The topological polar surface area (TPSA) is 53.9 Å². The molecular formula is C17H20Cl2N3O2S+. The maximum atomic E-state index is 12.7. The Labute approximate surface area is 158 Å². The fraction of sp³-hybridized carbons (Fsp3) is 0.294. The number of hydrogen-bond donors (Lipinski definition) is 2. The molecule has 0 bridgehead atoms. The van der Waals surface area contributed by atoms with Crippen LogP contribution in [0.5, 0.6) is 0 Å². The molecule has 0 atom stereocenters. The summed E-state index contributed by atoms with van der Waals surface area (Å²) >= 11 is 11.9. The number of quaternary nitrogens is 1. The highest BCUT2D eigenvalue weighted by Crippen LogP contribution is 2.29.